The number of carbonyl (C=O) groups excluding carboxylic acids is 1. The van der Waals surface area contributed by atoms with Crippen molar-refractivity contribution in [1.29, 1.82) is 0 Å². The van der Waals surface area contributed by atoms with Crippen LogP contribution >= 0.6 is 0 Å². The van der Waals surface area contributed by atoms with Gasteiger partial charge in [0.15, 0.2) is 0 Å². The highest BCUT2D eigenvalue weighted by Crippen LogP contribution is 2.18. The molecule has 0 heterocycles. The van der Waals surface area contributed by atoms with Gasteiger partial charge >= 0.3 is 5.97 Å². The fourth-order valence-electron chi connectivity index (χ4n) is 1.30. The van der Waals surface area contributed by atoms with Crippen molar-refractivity contribution in [3.8, 4) is 5.75 Å². The fraction of sp³-hybridized carbons (Fsp3) is 0.364. The van der Waals surface area contributed by atoms with Crippen molar-refractivity contribution in [2.24, 2.45) is 0 Å². The van der Waals surface area contributed by atoms with Gasteiger partial charge in [-0.3, -0.25) is 4.79 Å². The van der Waals surface area contributed by atoms with Gasteiger partial charge in [0.25, 0.3) is 0 Å². The van der Waals surface area contributed by atoms with Crippen molar-refractivity contribution >= 4 is 5.97 Å². The molecule has 15 heavy (non-hydrogen) atoms. The monoisotopic (exact) mass is 210 g/mol. The van der Waals surface area contributed by atoms with Crippen LogP contribution in [-0.2, 0) is 9.53 Å². The maximum atomic E-state index is 11.1. The summed E-state index contributed by atoms with van der Waals surface area (Å²) in [5.74, 6) is 0.517. The number of hydrogen-bond acceptors (Lipinski definition) is 3. The largest absolute Gasteiger partial charge is 0.497 e. The number of carbonyl (C=O) groups is 1. The van der Waals surface area contributed by atoms with Crippen LogP contribution in [0.25, 0.3) is 0 Å². The Bertz CT molecular complexity index is 338. The third-order valence-corrected chi connectivity index (χ3v) is 2.21. The van der Waals surface area contributed by atoms with Crippen LogP contribution in [0.5, 0.6) is 5.75 Å². The fourth-order valence-corrected chi connectivity index (χ4v) is 1.30. The smallest absolute Gasteiger partial charge is 0.311 e. The van der Waals surface area contributed by atoms with Gasteiger partial charge in [-0.1, -0.05) is 12.1 Å². The molecule has 0 spiro atoms. The molecular formula is C11H16NO3+. The quantitative estimate of drug-likeness (QED) is 0.738. The van der Waals surface area contributed by atoms with Crippen molar-refractivity contribution in [3.05, 3.63) is 29.8 Å². The Kier molecular flexibility index (Phi) is 4.12. The second-order valence-corrected chi connectivity index (χ2v) is 3.25. The predicted octanol–water partition coefficient (Wildman–Crippen LogP) is 0.541. The van der Waals surface area contributed by atoms with Gasteiger partial charge in [0, 0.05) is 5.56 Å². The van der Waals surface area contributed by atoms with E-state index in [1.54, 1.807) is 7.11 Å². The highest BCUT2D eigenvalue weighted by atomic mass is 16.5. The summed E-state index contributed by atoms with van der Waals surface area (Å²) in [5.41, 5.74) is 4.89. The summed E-state index contributed by atoms with van der Waals surface area (Å²) < 4.78 is 9.68. The first-order chi connectivity index (χ1) is 7.17. The third-order valence-electron chi connectivity index (χ3n) is 2.21. The Morgan fingerprint density at radius 2 is 2.20 bits per heavy atom. The average Bonchev–Trinajstić information content (AvgIpc) is 2.28. The van der Waals surface area contributed by atoms with E-state index in [-0.39, 0.29) is 18.4 Å². The summed E-state index contributed by atoms with van der Waals surface area (Å²) >= 11 is 0. The van der Waals surface area contributed by atoms with E-state index < -0.39 is 0 Å². The molecule has 82 valence electrons. The molecule has 1 aromatic carbocycles. The molecular weight excluding hydrogens is 194 g/mol. The molecule has 0 aliphatic heterocycles. The van der Waals surface area contributed by atoms with E-state index in [1.807, 2.05) is 24.3 Å². The van der Waals surface area contributed by atoms with E-state index in [9.17, 15) is 4.79 Å². The van der Waals surface area contributed by atoms with E-state index >= 15 is 0 Å². The van der Waals surface area contributed by atoms with E-state index in [0.29, 0.717) is 0 Å². The van der Waals surface area contributed by atoms with Crippen LogP contribution in [0.1, 0.15) is 18.0 Å². The van der Waals surface area contributed by atoms with Crippen LogP contribution in [0.15, 0.2) is 24.3 Å². The Labute approximate surface area is 89.0 Å². The van der Waals surface area contributed by atoms with Crippen molar-refractivity contribution < 1.29 is 20.0 Å². The van der Waals surface area contributed by atoms with Gasteiger partial charge in [0.2, 0.25) is 0 Å². The van der Waals surface area contributed by atoms with E-state index in [2.05, 4.69) is 10.5 Å². The summed E-state index contributed by atoms with van der Waals surface area (Å²) in [4.78, 5) is 11.1. The van der Waals surface area contributed by atoms with Gasteiger partial charge in [0.05, 0.1) is 14.2 Å². The molecule has 0 aliphatic rings. The zero-order chi connectivity index (χ0) is 11.3. The lowest BCUT2D eigenvalue weighted by Crippen LogP contribution is -2.54. The van der Waals surface area contributed by atoms with Gasteiger partial charge in [-0.05, 0) is 12.1 Å². The number of quaternary nitrogens is 1. The molecule has 0 aromatic heterocycles. The van der Waals surface area contributed by atoms with Gasteiger partial charge < -0.3 is 15.2 Å². The number of hydrogen-bond donors (Lipinski definition) is 1. The normalized spacial score (nSPS) is 11.9. The Morgan fingerprint density at radius 1 is 1.47 bits per heavy atom. The van der Waals surface area contributed by atoms with E-state index in [4.69, 9.17) is 4.74 Å². The standard InChI is InChI=1S/C11H15NO3/c1-14-9-5-3-4-8(6-9)10(12)7-11(13)15-2/h3-6,10H,7,12H2,1-2H3/p+1/t10-/m1/s1. The summed E-state index contributed by atoms with van der Waals surface area (Å²) in [5, 5.41) is 0. The molecule has 0 unspecified atom stereocenters. The predicted molar refractivity (Wildman–Crippen MR) is 55.3 cm³/mol. The Morgan fingerprint density at radius 3 is 2.80 bits per heavy atom. The number of benzene rings is 1. The molecule has 0 fully saturated rings. The molecule has 1 rings (SSSR count). The van der Waals surface area contributed by atoms with Crippen molar-refractivity contribution in [2.75, 3.05) is 14.2 Å². The van der Waals surface area contributed by atoms with Gasteiger partial charge in [0.1, 0.15) is 18.2 Å². The van der Waals surface area contributed by atoms with Crippen molar-refractivity contribution in [1.82, 2.24) is 0 Å². The SMILES string of the molecule is COC(=O)C[C@@H]([NH3+])c1cccc(OC)c1. The second kappa shape index (κ2) is 5.36. The zero-order valence-electron chi connectivity index (χ0n) is 9.03. The lowest BCUT2D eigenvalue weighted by atomic mass is 10.0. The topological polar surface area (TPSA) is 63.2 Å². The average molecular weight is 210 g/mol. The molecule has 4 heteroatoms. The van der Waals surface area contributed by atoms with Crippen LogP contribution in [0.2, 0.25) is 0 Å². The molecule has 0 saturated carbocycles. The maximum absolute atomic E-state index is 11.1. The third kappa shape index (κ3) is 3.25. The molecule has 0 amide bonds. The molecule has 1 aromatic rings. The molecule has 0 bridgehead atoms. The van der Waals surface area contributed by atoms with E-state index in [0.717, 1.165) is 11.3 Å². The zero-order valence-corrected chi connectivity index (χ0v) is 9.03. The molecule has 4 nitrogen and oxygen atoms in total. The summed E-state index contributed by atoms with van der Waals surface area (Å²) in [7, 11) is 2.98. The number of esters is 1. The molecule has 1 atom stereocenters. The Hall–Kier alpha value is -1.55. The highest BCUT2D eigenvalue weighted by molar-refractivity contribution is 5.70. The first-order valence-electron chi connectivity index (χ1n) is 4.71. The molecule has 0 radical (unpaired) electrons. The van der Waals surface area contributed by atoms with Crippen molar-refractivity contribution in [3.63, 3.8) is 0 Å². The minimum atomic E-state index is -0.252. The first kappa shape index (κ1) is 11.5. The van der Waals surface area contributed by atoms with Gasteiger partial charge in [-0.2, -0.15) is 0 Å². The van der Waals surface area contributed by atoms with E-state index in [1.165, 1.54) is 7.11 Å². The van der Waals surface area contributed by atoms with Crippen LogP contribution in [0.4, 0.5) is 0 Å². The summed E-state index contributed by atoms with van der Waals surface area (Å²) in [6.45, 7) is 0. The minimum Gasteiger partial charge on any atom is -0.497 e. The molecule has 0 saturated heterocycles. The lowest BCUT2D eigenvalue weighted by Gasteiger charge is -2.08. The number of rotatable bonds is 4. The molecule has 3 N–H and O–H groups in total. The van der Waals surface area contributed by atoms with Crippen LogP contribution in [0, 0.1) is 0 Å². The van der Waals surface area contributed by atoms with Gasteiger partial charge in [-0.15, -0.1) is 0 Å². The number of ether oxygens (including phenoxy) is 2. The van der Waals surface area contributed by atoms with Crippen LogP contribution in [-0.4, -0.2) is 20.2 Å². The maximum Gasteiger partial charge on any atom is 0.311 e. The van der Waals surface area contributed by atoms with Crippen molar-refractivity contribution in [2.45, 2.75) is 12.5 Å². The Balaban J connectivity index is 2.72. The second-order valence-electron chi connectivity index (χ2n) is 3.25. The first-order valence-corrected chi connectivity index (χ1v) is 4.71. The minimum absolute atomic E-state index is 0.104. The highest BCUT2D eigenvalue weighted by Gasteiger charge is 2.15. The lowest BCUT2D eigenvalue weighted by molar-refractivity contribution is -0.425. The summed E-state index contributed by atoms with van der Waals surface area (Å²) in [6.07, 6.45) is 0.281. The molecule has 0 aliphatic carbocycles. The summed E-state index contributed by atoms with van der Waals surface area (Å²) in [6, 6.07) is 7.43. The van der Waals surface area contributed by atoms with Crippen LogP contribution in [0.3, 0.4) is 0 Å². The van der Waals surface area contributed by atoms with Gasteiger partial charge in [-0.25, -0.2) is 0 Å². The van der Waals surface area contributed by atoms with Crippen LogP contribution < -0.4 is 10.5 Å². The number of methoxy groups -OCH3 is 2.